The highest BCUT2D eigenvalue weighted by molar-refractivity contribution is 6.30. The van der Waals surface area contributed by atoms with E-state index >= 15 is 0 Å². The van der Waals surface area contributed by atoms with Gasteiger partial charge in [-0.15, -0.1) is 6.42 Å². The van der Waals surface area contributed by atoms with Crippen molar-refractivity contribution in [1.29, 1.82) is 0 Å². The first kappa shape index (κ1) is 17.5. The molecule has 0 fully saturated rings. The maximum atomic E-state index is 11.7. The molecule has 0 aliphatic rings. The maximum absolute atomic E-state index is 11.7. The molecule has 0 amide bonds. The second-order valence-corrected chi connectivity index (χ2v) is 4.38. The molecule has 0 bridgehead atoms. The summed E-state index contributed by atoms with van der Waals surface area (Å²) in [4.78, 5) is 27.4. The Kier molecular flexibility index (Phi) is 7.51. The second kappa shape index (κ2) is 9.42. The van der Waals surface area contributed by atoms with Gasteiger partial charge in [0.25, 0.3) is 0 Å². The number of rotatable bonds is 7. The fraction of sp³-hybridized carbons (Fsp3) is 0.267. The average Bonchev–Trinajstić information content (AvgIpc) is 2.51. The highest BCUT2D eigenvalue weighted by atomic mass is 35.5. The van der Waals surface area contributed by atoms with Gasteiger partial charge in [0.05, 0.1) is 26.2 Å². The van der Waals surface area contributed by atoms with Crippen LogP contribution in [0, 0.1) is 12.3 Å². The first-order valence-electron chi connectivity index (χ1n) is 6.22. The number of esters is 2. The van der Waals surface area contributed by atoms with Crippen molar-refractivity contribution in [2.45, 2.75) is 12.8 Å². The van der Waals surface area contributed by atoms with Gasteiger partial charge in [-0.05, 0) is 18.2 Å². The first-order valence-corrected chi connectivity index (χ1v) is 6.60. The van der Waals surface area contributed by atoms with Gasteiger partial charge in [0, 0.05) is 10.6 Å². The van der Waals surface area contributed by atoms with E-state index in [0.29, 0.717) is 10.6 Å². The van der Waals surface area contributed by atoms with Gasteiger partial charge in [-0.1, -0.05) is 22.7 Å². The summed E-state index contributed by atoms with van der Waals surface area (Å²) in [6.07, 6.45) is 6.19. The van der Waals surface area contributed by atoms with Crippen LogP contribution < -0.4 is 4.74 Å². The molecule has 0 aliphatic carbocycles. The number of methoxy groups -OCH3 is 1. The molecule has 0 saturated heterocycles. The van der Waals surface area contributed by atoms with Gasteiger partial charge in [0.1, 0.15) is 5.75 Å². The van der Waals surface area contributed by atoms with Crippen molar-refractivity contribution in [3.05, 3.63) is 28.8 Å². The van der Waals surface area contributed by atoms with E-state index in [9.17, 15) is 9.59 Å². The van der Waals surface area contributed by atoms with Crippen LogP contribution in [0.2, 0.25) is 5.02 Å². The lowest BCUT2D eigenvalue weighted by molar-refractivity contribution is -0.144. The molecule has 1 aromatic rings. The number of benzene rings is 1. The molecule has 0 heterocycles. The summed E-state index contributed by atoms with van der Waals surface area (Å²) in [7, 11) is 1.25. The van der Waals surface area contributed by atoms with Crippen LogP contribution in [0.5, 0.6) is 5.75 Å². The van der Waals surface area contributed by atoms with E-state index in [1.165, 1.54) is 19.4 Å². The molecule has 1 aromatic carbocycles. The van der Waals surface area contributed by atoms with Gasteiger partial charge in [-0.3, -0.25) is 9.59 Å². The molecule has 0 aromatic heterocycles. The second-order valence-electron chi connectivity index (χ2n) is 3.94. The third-order valence-electron chi connectivity index (χ3n) is 2.37. The van der Waals surface area contributed by atoms with Crippen molar-refractivity contribution in [3.8, 4) is 18.1 Å². The van der Waals surface area contributed by atoms with Crippen LogP contribution in [-0.2, 0) is 19.2 Å². The number of halogens is 1. The van der Waals surface area contributed by atoms with E-state index in [0.717, 1.165) is 0 Å². The monoisotopic (exact) mass is 323 g/mol. The summed E-state index contributed by atoms with van der Waals surface area (Å²) >= 11 is 5.88. The molecule has 22 heavy (non-hydrogen) atoms. The van der Waals surface area contributed by atoms with Crippen LogP contribution in [0.15, 0.2) is 23.4 Å². The van der Waals surface area contributed by atoms with Crippen molar-refractivity contribution < 1.29 is 23.9 Å². The van der Waals surface area contributed by atoms with Gasteiger partial charge in [0.15, 0.2) is 6.61 Å². The number of ether oxygens (including phenoxy) is 2. The average molecular weight is 324 g/mol. The summed E-state index contributed by atoms with van der Waals surface area (Å²) < 4.78 is 9.61. The standard InChI is InChI=1S/C15H14ClNO5/c1-3-8-21-17-10-11-9-12(16)4-5-13(11)22-15(19)7-6-14(18)20-2/h1,4-5,9-10H,6-8H2,2H3/b17-10+. The molecule has 0 spiro atoms. The van der Waals surface area contributed by atoms with Crippen LogP contribution in [-0.4, -0.2) is 31.9 Å². The maximum Gasteiger partial charge on any atom is 0.311 e. The van der Waals surface area contributed by atoms with Crippen LogP contribution in [0.3, 0.4) is 0 Å². The lowest BCUT2D eigenvalue weighted by atomic mass is 10.2. The fourth-order valence-electron chi connectivity index (χ4n) is 1.36. The third kappa shape index (κ3) is 6.29. The Hall–Kier alpha value is -2.52. The Bertz CT molecular complexity index is 606. The Morgan fingerprint density at radius 3 is 2.77 bits per heavy atom. The molecule has 1 rings (SSSR count). The van der Waals surface area contributed by atoms with Gasteiger partial charge >= 0.3 is 11.9 Å². The molecular weight excluding hydrogens is 310 g/mol. The largest absolute Gasteiger partial charge is 0.469 e. The molecular formula is C15H14ClNO5. The highest BCUT2D eigenvalue weighted by Gasteiger charge is 2.11. The van der Waals surface area contributed by atoms with Crippen molar-refractivity contribution in [3.63, 3.8) is 0 Å². The molecule has 0 unspecified atom stereocenters. The van der Waals surface area contributed by atoms with E-state index in [1.807, 2.05) is 0 Å². The lowest BCUT2D eigenvalue weighted by Gasteiger charge is -2.07. The predicted octanol–water partition coefficient (Wildman–Crippen LogP) is 2.18. The van der Waals surface area contributed by atoms with Crippen molar-refractivity contribution in [1.82, 2.24) is 0 Å². The Morgan fingerprint density at radius 2 is 2.09 bits per heavy atom. The smallest absolute Gasteiger partial charge is 0.311 e. The van der Waals surface area contributed by atoms with E-state index in [2.05, 4.69) is 15.8 Å². The van der Waals surface area contributed by atoms with Crippen molar-refractivity contribution in [2.75, 3.05) is 13.7 Å². The SMILES string of the molecule is C#CCO/N=C/c1cc(Cl)ccc1OC(=O)CCC(=O)OC. The normalized spacial score (nSPS) is 10.0. The minimum Gasteiger partial charge on any atom is -0.469 e. The number of carbonyl (C=O) groups is 2. The van der Waals surface area contributed by atoms with Crippen LogP contribution in [0.4, 0.5) is 0 Å². The molecule has 0 saturated carbocycles. The van der Waals surface area contributed by atoms with Gasteiger partial charge in [-0.25, -0.2) is 0 Å². The predicted molar refractivity (Wildman–Crippen MR) is 80.7 cm³/mol. The van der Waals surface area contributed by atoms with E-state index < -0.39 is 11.9 Å². The number of hydrogen-bond acceptors (Lipinski definition) is 6. The topological polar surface area (TPSA) is 74.2 Å². The Morgan fingerprint density at radius 1 is 1.36 bits per heavy atom. The minimum atomic E-state index is -0.577. The summed E-state index contributed by atoms with van der Waals surface area (Å²) in [5.74, 6) is 1.43. The molecule has 6 nitrogen and oxygen atoms in total. The summed E-state index contributed by atoms with van der Waals surface area (Å²) in [5, 5.41) is 4.07. The summed E-state index contributed by atoms with van der Waals surface area (Å²) in [6, 6.07) is 4.62. The fourth-order valence-corrected chi connectivity index (χ4v) is 1.54. The van der Waals surface area contributed by atoms with Crippen LogP contribution in [0.1, 0.15) is 18.4 Å². The Labute approximate surface area is 133 Å². The molecule has 0 radical (unpaired) electrons. The number of hydrogen-bond donors (Lipinski definition) is 0. The summed E-state index contributed by atoms with van der Waals surface area (Å²) in [5.41, 5.74) is 0.441. The molecule has 116 valence electrons. The molecule has 7 heteroatoms. The zero-order valence-electron chi connectivity index (χ0n) is 11.9. The van der Waals surface area contributed by atoms with Crippen LogP contribution in [0.25, 0.3) is 0 Å². The number of nitrogens with zero attached hydrogens (tertiary/aromatic N) is 1. The number of terminal acetylenes is 1. The molecule has 0 aliphatic heterocycles. The zero-order valence-corrected chi connectivity index (χ0v) is 12.6. The highest BCUT2D eigenvalue weighted by Crippen LogP contribution is 2.22. The van der Waals surface area contributed by atoms with E-state index in [1.54, 1.807) is 12.1 Å². The van der Waals surface area contributed by atoms with E-state index in [4.69, 9.17) is 27.6 Å². The lowest BCUT2D eigenvalue weighted by Crippen LogP contribution is -2.12. The summed E-state index contributed by atoms with van der Waals surface area (Å²) in [6.45, 7) is 0.0192. The van der Waals surface area contributed by atoms with Crippen LogP contribution >= 0.6 is 11.6 Å². The number of carbonyl (C=O) groups excluding carboxylic acids is 2. The Balaban J connectivity index is 2.73. The van der Waals surface area contributed by atoms with Gasteiger partial charge in [0.2, 0.25) is 0 Å². The molecule has 0 N–H and O–H groups in total. The quantitative estimate of drug-likeness (QED) is 0.192. The van der Waals surface area contributed by atoms with Gasteiger partial charge in [-0.2, -0.15) is 0 Å². The van der Waals surface area contributed by atoms with Crippen molar-refractivity contribution in [2.24, 2.45) is 5.16 Å². The van der Waals surface area contributed by atoms with Gasteiger partial charge < -0.3 is 14.3 Å². The zero-order chi connectivity index (χ0) is 16.4. The van der Waals surface area contributed by atoms with Crippen molar-refractivity contribution >= 4 is 29.8 Å². The first-order chi connectivity index (χ1) is 10.6. The third-order valence-corrected chi connectivity index (χ3v) is 2.61. The number of oxime groups is 1. The van der Waals surface area contributed by atoms with E-state index in [-0.39, 0.29) is 25.2 Å². The molecule has 0 atom stereocenters. The minimum absolute atomic E-state index is 0.0192.